The van der Waals surface area contributed by atoms with Gasteiger partial charge in [0.2, 0.25) is 5.88 Å². The van der Waals surface area contributed by atoms with Crippen molar-refractivity contribution in [1.82, 2.24) is 14.5 Å². The highest BCUT2D eigenvalue weighted by atomic mass is 19.1. The monoisotopic (exact) mass is 537 g/mol. The van der Waals surface area contributed by atoms with E-state index in [0.717, 1.165) is 52.3 Å². The zero-order chi connectivity index (χ0) is 27.6. The van der Waals surface area contributed by atoms with Crippen LogP contribution in [0.25, 0.3) is 22.3 Å². The fourth-order valence-corrected chi connectivity index (χ4v) is 4.83. The van der Waals surface area contributed by atoms with Crippen molar-refractivity contribution in [2.75, 3.05) is 6.61 Å². The second-order valence-corrected chi connectivity index (χ2v) is 10.0. The summed E-state index contributed by atoms with van der Waals surface area (Å²) in [6, 6.07) is 23.7. The van der Waals surface area contributed by atoms with Crippen molar-refractivity contribution in [1.29, 1.82) is 0 Å². The summed E-state index contributed by atoms with van der Waals surface area (Å²) in [6.07, 6.45) is 1.67. The first-order chi connectivity index (χ1) is 19.4. The van der Waals surface area contributed by atoms with E-state index in [1.165, 1.54) is 6.07 Å². The Morgan fingerprint density at radius 1 is 1.07 bits per heavy atom. The molecule has 40 heavy (non-hydrogen) atoms. The van der Waals surface area contributed by atoms with Crippen LogP contribution in [-0.4, -0.2) is 38.3 Å². The summed E-state index contributed by atoms with van der Waals surface area (Å²) >= 11 is 0. The quantitative estimate of drug-likeness (QED) is 0.241. The molecule has 1 atom stereocenters. The van der Waals surface area contributed by atoms with Crippen LogP contribution in [0.4, 0.5) is 4.39 Å². The third-order valence-corrected chi connectivity index (χ3v) is 7.17. The van der Waals surface area contributed by atoms with Gasteiger partial charge in [-0.25, -0.2) is 19.2 Å². The van der Waals surface area contributed by atoms with Crippen LogP contribution in [0.5, 0.6) is 5.88 Å². The Hall–Kier alpha value is -4.56. The molecule has 2 aromatic heterocycles. The van der Waals surface area contributed by atoms with Crippen molar-refractivity contribution >= 4 is 17.0 Å². The molecule has 6 rings (SSSR count). The van der Waals surface area contributed by atoms with E-state index in [1.807, 2.05) is 49.4 Å². The highest BCUT2D eigenvalue weighted by molar-refractivity contribution is 5.92. The number of nitrogens with zero attached hydrogens (tertiary/aromatic N) is 3. The number of carboxylic acids is 1. The Labute approximate surface area is 230 Å². The number of ether oxygens (including phenoxy) is 2. The summed E-state index contributed by atoms with van der Waals surface area (Å²) in [7, 11) is 0. The third-order valence-electron chi connectivity index (χ3n) is 7.17. The maximum Gasteiger partial charge on any atom is 0.335 e. The summed E-state index contributed by atoms with van der Waals surface area (Å²) in [4.78, 5) is 21.0. The Kier molecular flexibility index (Phi) is 7.00. The topological polar surface area (TPSA) is 86.5 Å². The minimum absolute atomic E-state index is 0.0996. The number of benzene rings is 3. The van der Waals surface area contributed by atoms with E-state index in [4.69, 9.17) is 14.5 Å². The Morgan fingerprint density at radius 2 is 1.90 bits per heavy atom. The lowest BCUT2D eigenvalue weighted by molar-refractivity contribution is -0.0589. The van der Waals surface area contributed by atoms with Crippen LogP contribution in [0.15, 0.2) is 78.9 Å². The van der Waals surface area contributed by atoms with Gasteiger partial charge in [0.25, 0.3) is 0 Å². The fraction of sp³-hybridized carbons (Fsp3) is 0.219. The van der Waals surface area contributed by atoms with Crippen LogP contribution in [0.2, 0.25) is 0 Å². The second-order valence-electron chi connectivity index (χ2n) is 10.0. The summed E-state index contributed by atoms with van der Waals surface area (Å²) in [5.41, 5.74) is 5.90. The summed E-state index contributed by atoms with van der Waals surface area (Å²) < 4.78 is 27.7. The van der Waals surface area contributed by atoms with Gasteiger partial charge in [-0.3, -0.25) is 0 Å². The van der Waals surface area contributed by atoms with Gasteiger partial charge in [-0.05, 0) is 54.8 Å². The number of aryl methyl sites for hydroxylation is 1. The standard InChI is InChI=1S/C32H28FN3O4/c1-20-5-8-24(26(33)15-20)19-40-31-4-2-3-27(35-31)22-9-6-21(7-10-22)16-30-34-28-12-11-23(32(37)38)17-29(28)36(30)18-25-13-14-39-25/h2-12,15,17,25H,13-14,16,18-19H2,1H3,(H,37,38). The smallest absolute Gasteiger partial charge is 0.335 e. The molecular weight excluding hydrogens is 509 g/mol. The minimum Gasteiger partial charge on any atom is -0.478 e. The molecule has 3 aromatic carbocycles. The number of halogens is 1. The molecule has 1 aliphatic heterocycles. The normalized spacial score (nSPS) is 14.7. The molecule has 0 amide bonds. The van der Waals surface area contributed by atoms with Gasteiger partial charge < -0.3 is 19.1 Å². The Morgan fingerprint density at radius 3 is 2.62 bits per heavy atom. The predicted molar refractivity (Wildman–Crippen MR) is 149 cm³/mol. The van der Waals surface area contributed by atoms with E-state index in [2.05, 4.69) is 9.55 Å². The molecule has 0 spiro atoms. The number of hydrogen-bond donors (Lipinski definition) is 1. The lowest BCUT2D eigenvalue weighted by Crippen LogP contribution is -2.31. The van der Waals surface area contributed by atoms with Gasteiger partial charge >= 0.3 is 5.97 Å². The highest BCUT2D eigenvalue weighted by Gasteiger charge is 2.22. The predicted octanol–water partition coefficient (Wildman–Crippen LogP) is 6.20. The lowest BCUT2D eigenvalue weighted by atomic mass is 10.1. The van der Waals surface area contributed by atoms with E-state index >= 15 is 0 Å². The Balaban J connectivity index is 1.20. The summed E-state index contributed by atoms with van der Waals surface area (Å²) in [5.74, 6) is 0.0340. The first-order valence-electron chi connectivity index (χ1n) is 13.2. The molecule has 0 bridgehead atoms. The van der Waals surface area contributed by atoms with E-state index in [-0.39, 0.29) is 24.1 Å². The van der Waals surface area contributed by atoms with Crippen molar-refractivity contribution in [3.63, 3.8) is 0 Å². The largest absolute Gasteiger partial charge is 0.478 e. The van der Waals surface area contributed by atoms with Crippen molar-refractivity contribution in [3.05, 3.63) is 113 Å². The van der Waals surface area contributed by atoms with Crippen LogP contribution >= 0.6 is 0 Å². The summed E-state index contributed by atoms with van der Waals surface area (Å²) in [6.45, 7) is 3.33. The van der Waals surface area contributed by atoms with Crippen LogP contribution in [0.1, 0.15) is 39.3 Å². The zero-order valence-electron chi connectivity index (χ0n) is 22.0. The van der Waals surface area contributed by atoms with Crippen LogP contribution in [0.3, 0.4) is 0 Å². The van der Waals surface area contributed by atoms with Gasteiger partial charge in [0.15, 0.2) is 0 Å². The first-order valence-corrected chi connectivity index (χ1v) is 13.2. The number of carboxylic acid groups (broad SMARTS) is 1. The molecule has 3 heterocycles. The van der Waals surface area contributed by atoms with E-state index in [1.54, 1.807) is 30.3 Å². The van der Waals surface area contributed by atoms with E-state index in [9.17, 15) is 14.3 Å². The molecule has 1 unspecified atom stereocenters. The molecule has 8 heteroatoms. The number of rotatable bonds is 9. The molecular formula is C32H28FN3O4. The molecule has 0 radical (unpaired) electrons. The lowest BCUT2D eigenvalue weighted by Gasteiger charge is -2.27. The van der Waals surface area contributed by atoms with Crippen molar-refractivity contribution in [2.45, 2.75) is 39.0 Å². The van der Waals surface area contributed by atoms with Crippen molar-refractivity contribution in [3.8, 4) is 17.1 Å². The molecule has 5 aromatic rings. The van der Waals surface area contributed by atoms with E-state index in [0.29, 0.717) is 24.4 Å². The number of aromatic carboxylic acids is 1. The average Bonchev–Trinajstić information content (AvgIpc) is 3.26. The van der Waals surface area contributed by atoms with Crippen LogP contribution in [0, 0.1) is 12.7 Å². The molecule has 0 saturated carbocycles. The maximum absolute atomic E-state index is 14.2. The molecule has 0 aliphatic carbocycles. The first kappa shape index (κ1) is 25.7. The third kappa shape index (κ3) is 5.44. The van der Waals surface area contributed by atoms with Gasteiger partial charge in [-0.1, -0.05) is 42.5 Å². The molecule has 1 aliphatic rings. The van der Waals surface area contributed by atoms with Gasteiger partial charge in [-0.15, -0.1) is 0 Å². The maximum atomic E-state index is 14.2. The van der Waals surface area contributed by atoms with Gasteiger partial charge in [0, 0.05) is 30.2 Å². The second kappa shape index (κ2) is 10.9. The number of imidazole rings is 1. The van der Waals surface area contributed by atoms with Gasteiger partial charge in [-0.2, -0.15) is 0 Å². The van der Waals surface area contributed by atoms with E-state index < -0.39 is 5.97 Å². The summed E-state index contributed by atoms with van der Waals surface area (Å²) in [5, 5.41) is 9.47. The molecule has 1 saturated heterocycles. The Bertz CT molecular complexity index is 1690. The number of carbonyl (C=O) groups is 1. The average molecular weight is 538 g/mol. The molecule has 1 fully saturated rings. The molecule has 7 nitrogen and oxygen atoms in total. The SMILES string of the molecule is Cc1ccc(COc2cccc(-c3ccc(Cc4nc5ccc(C(=O)O)cc5n4CC4CCO4)cc3)n2)c(F)c1. The minimum atomic E-state index is -0.961. The molecule has 1 N–H and O–H groups in total. The zero-order valence-corrected chi connectivity index (χ0v) is 22.0. The van der Waals surface area contributed by atoms with Crippen molar-refractivity contribution < 1.29 is 23.8 Å². The fourth-order valence-electron chi connectivity index (χ4n) is 4.83. The molecule has 202 valence electrons. The number of fused-ring (bicyclic) bond motifs is 1. The van der Waals surface area contributed by atoms with Crippen LogP contribution in [-0.2, 0) is 24.3 Å². The number of hydrogen-bond acceptors (Lipinski definition) is 5. The number of aromatic nitrogens is 3. The highest BCUT2D eigenvalue weighted by Crippen LogP contribution is 2.26. The van der Waals surface area contributed by atoms with Crippen molar-refractivity contribution in [2.24, 2.45) is 0 Å². The van der Waals surface area contributed by atoms with Gasteiger partial charge in [0.1, 0.15) is 18.2 Å². The van der Waals surface area contributed by atoms with Gasteiger partial charge in [0.05, 0.1) is 34.9 Å². The number of pyridine rings is 1. The van der Waals surface area contributed by atoms with Crippen LogP contribution < -0.4 is 4.74 Å².